The number of hydrogen-bond acceptors (Lipinski definition) is 3. The molecule has 132 valence electrons. The van der Waals surface area contributed by atoms with Crippen molar-refractivity contribution in [2.24, 2.45) is 4.99 Å². The van der Waals surface area contributed by atoms with E-state index < -0.39 is 10.0 Å². The number of guanidine groups is 1. The minimum Gasteiger partial charge on any atom is -0.357 e. The Kier molecular flexibility index (Phi) is 8.71. The highest BCUT2D eigenvalue weighted by Gasteiger charge is 2.17. The van der Waals surface area contributed by atoms with Gasteiger partial charge in [0.05, 0.1) is 12.3 Å². The summed E-state index contributed by atoms with van der Waals surface area (Å²) in [6, 6.07) is 3.97. The molecule has 7 nitrogen and oxygen atoms in total. The zero-order valence-electron chi connectivity index (χ0n) is 14.3. The number of aliphatic imine (C=N–C) groups is 1. The van der Waals surface area contributed by atoms with Gasteiger partial charge in [0.1, 0.15) is 0 Å². The fourth-order valence-electron chi connectivity index (χ4n) is 2.18. The van der Waals surface area contributed by atoms with E-state index >= 15 is 0 Å². The van der Waals surface area contributed by atoms with E-state index in [9.17, 15) is 8.42 Å². The van der Waals surface area contributed by atoms with Gasteiger partial charge in [-0.15, -0.1) is 0 Å². The standard InChI is InChI=1S/C15H29N5O2S/c1-4-16-15(17-9-13-19-11-7-8-12-19)18-10-14-23(21,22)20(5-2)6-3/h7-8,11-12H,4-6,9-10,13-14H2,1-3H3,(H2,16,17,18). The van der Waals surface area contributed by atoms with Crippen LogP contribution in [0.25, 0.3) is 0 Å². The fraction of sp³-hybridized carbons (Fsp3) is 0.667. The van der Waals surface area contributed by atoms with Gasteiger partial charge in [0, 0.05) is 45.1 Å². The summed E-state index contributed by atoms with van der Waals surface area (Å²) in [5.74, 6) is 0.678. The summed E-state index contributed by atoms with van der Waals surface area (Å²) in [7, 11) is -3.22. The van der Waals surface area contributed by atoms with Gasteiger partial charge in [0.2, 0.25) is 10.0 Å². The van der Waals surface area contributed by atoms with Crippen molar-refractivity contribution < 1.29 is 8.42 Å². The Labute approximate surface area is 139 Å². The molecule has 0 aromatic carbocycles. The maximum Gasteiger partial charge on any atom is 0.215 e. The van der Waals surface area contributed by atoms with Crippen molar-refractivity contribution >= 4 is 16.0 Å². The second-order valence-corrected chi connectivity index (χ2v) is 7.10. The molecular weight excluding hydrogens is 314 g/mol. The van der Waals surface area contributed by atoms with Crippen molar-refractivity contribution in [3.63, 3.8) is 0 Å². The van der Waals surface area contributed by atoms with Crippen molar-refractivity contribution in [3.05, 3.63) is 24.5 Å². The van der Waals surface area contributed by atoms with Crippen LogP contribution in [0.3, 0.4) is 0 Å². The van der Waals surface area contributed by atoms with Gasteiger partial charge in [0.15, 0.2) is 5.96 Å². The molecule has 0 fully saturated rings. The lowest BCUT2D eigenvalue weighted by Gasteiger charge is -2.18. The Hall–Kier alpha value is -1.54. The van der Waals surface area contributed by atoms with E-state index in [0.717, 1.165) is 19.6 Å². The second kappa shape index (κ2) is 10.3. The van der Waals surface area contributed by atoms with Crippen molar-refractivity contribution in [1.82, 2.24) is 19.5 Å². The molecule has 0 spiro atoms. The van der Waals surface area contributed by atoms with Crippen LogP contribution in [0, 0.1) is 0 Å². The van der Waals surface area contributed by atoms with Crippen LogP contribution in [0.1, 0.15) is 20.8 Å². The van der Waals surface area contributed by atoms with Gasteiger partial charge in [-0.1, -0.05) is 13.8 Å². The van der Waals surface area contributed by atoms with Crippen LogP contribution in [0.15, 0.2) is 29.5 Å². The van der Waals surface area contributed by atoms with Gasteiger partial charge < -0.3 is 15.2 Å². The third-order valence-corrected chi connectivity index (χ3v) is 5.39. The van der Waals surface area contributed by atoms with Gasteiger partial charge in [-0.3, -0.25) is 4.99 Å². The first-order chi connectivity index (χ1) is 11.0. The predicted molar refractivity (Wildman–Crippen MR) is 95.1 cm³/mol. The lowest BCUT2D eigenvalue weighted by Crippen LogP contribution is -2.39. The lowest BCUT2D eigenvalue weighted by atomic mass is 10.6. The van der Waals surface area contributed by atoms with E-state index in [0.29, 0.717) is 19.0 Å². The first-order valence-electron chi connectivity index (χ1n) is 8.14. The van der Waals surface area contributed by atoms with Crippen molar-refractivity contribution in [2.45, 2.75) is 27.3 Å². The average molecular weight is 343 g/mol. The maximum absolute atomic E-state index is 12.1. The Morgan fingerprint density at radius 3 is 2.35 bits per heavy atom. The SMILES string of the molecule is CCNC(=NCCS(=O)(=O)N(CC)CC)NCCn1cccc1. The molecular formula is C15H29N5O2S. The first-order valence-corrected chi connectivity index (χ1v) is 9.75. The van der Waals surface area contributed by atoms with E-state index in [4.69, 9.17) is 0 Å². The molecule has 8 heteroatoms. The summed E-state index contributed by atoms with van der Waals surface area (Å²) in [6.07, 6.45) is 4.00. The smallest absolute Gasteiger partial charge is 0.215 e. The fourth-order valence-corrected chi connectivity index (χ4v) is 3.55. The summed E-state index contributed by atoms with van der Waals surface area (Å²) < 4.78 is 27.8. The Bertz CT molecular complexity index is 550. The Morgan fingerprint density at radius 2 is 1.78 bits per heavy atom. The molecule has 0 unspecified atom stereocenters. The van der Waals surface area contributed by atoms with Gasteiger partial charge in [0.25, 0.3) is 0 Å². The molecule has 0 radical (unpaired) electrons. The van der Waals surface area contributed by atoms with Gasteiger partial charge in [-0.05, 0) is 19.1 Å². The summed E-state index contributed by atoms with van der Waals surface area (Å²) in [5.41, 5.74) is 0. The molecule has 0 saturated carbocycles. The highest BCUT2D eigenvalue weighted by atomic mass is 32.2. The molecule has 0 bridgehead atoms. The first kappa shape index (κ1) is 19.5. The molecule has 0 aliphatic rings. The Morgan fingerprint density at radius 1 is 1.13 bits per heavy atom. The zero-order chi connectivity index (χ0) is 17.1. The maximum atomic E-state index is 12.1. The minimum absolute atomic E-state index is 0.0306. The molecule has 1 heterocycles. The topological polar surface area (TPSA) is 78.7 Å². The molecule has 0 aliphatic heterocycles. The summed E-state index contributed by atoms with van der Waals surface area (Å²) in [4.78, 5) is 4.35. The summed E-state index contributed by atoms with van der Waals surface area (Å²) >= 11 is 0. The van der Waals surface area contributed by atoms with Gasteiger partial charge in [-0.25, -0.2) is 12.7 Å². The van der Waals surface area contributed by atoms with Crippen LogP contribution in [0.5, 0.6) is 0 Å². The predicted octanol–water partition coefficient (Wildman–Crippen LogP) is 0.715. The summed E-state index contributed by atoms with van der Waals surface area (Å²) in [6.45, 7) is 9.20. The van der Waals surface area contributed by atoms with Crippen molar-refractivity contribution in [2.75, 3.05) is 38.5 Å². The van der Waals surface area contributed by atoms with E-state index in [2.05, 4.69) is 20.2 Å². The van der Waals surface area contributed by atoms with E-state index in [1.807, 2.05) is 45.3 Å². The van der Waals surface area contributed by atoms with Gasteiger partial charge in [-0.2, -0.15) is 0 Å². The highest BCUT2D eigenvalue weighted by molar-refractivity contribution is 7.89. The number of rotatable bonds is 10. The van der Waals surface area contributed by atoms with Gasteiger partial charge >= 0.3 is 0 Å². The third kappa shape index (κ3) is 7.04. The molecule has 0 aliphatic carbocycles. The van der Waals surface area contributed by atoms with Crippen LogP contribution < -0.4 is 10.6 Å². The average Bonchev–Trinajstić information content (AvgIpc) is 3.01. The number of hydrogen-bond donors (Lipinski definition) is 2. The van der Waals surface area contributed by atoms with Crippen molar-refractivity contribution in [3.8, 4) is 0 Å². The molecule has 1 aromatic heterocycles. The lowest BCUT2D eigenvalue weighted by molar-refractivity contribution is 0.445. The zero-order valence-corrected chi connectivity index (χ0v) is 15.1. The van der Waals surface area contributed by atoms with Crippen molar-refractivity contribution in [1.29, 1.82) is 0 Å². The second-order valence-electron chi connectivity index (χ2n) is 5.01. The molecule has 1 rings (SSSR count). The quantitative estimate of drug-likeness (QED) is 0.485. The molecule has 23 heavy (non-hydrogen) atoms. The molecule has 0 amide bonds. The van der Waals surface area contributed by atoms with Crippen LogP contribution in [0.2, 0.25) is 0 Å². The van der Waals surface area contributed by atoms with Crippen LogP contribution in [-0.4, -0.2) is 61.7 Å². The van der Waals surface area contributed by atoms with E-state index in [-0.39, 0.29) is 12.3 Å². The molecule has 1 aromatic rings. The van der Waals surface area contributed by atoms with E-state index in [1.165, 1.54) is 4.31 Å². The number of sulfonamides is 1. The van der Waals surface area contributed by atoms with Crippen LogP contribution in [0.4, 0.5) is 0 Å². The number of nitrogens with zero attached hydrogens (tertiary/aromatic N) is 3. The van der Waals surface area contributed by atoms with Crippen LogP contribution >= 0.6 is 0 Å². The molecule has 2 N–H and O–H groups in total. The molecule has 0 saturated heterocycles. The number of aromatic nitrogens is 1. The Balaban J connectivity index is 2.47. The minimum atomic E-state index is -3.22. The normalized spacial score (nSPS) is 12.6. The van der Waals surface area contributed by atoms with E-state index in [1.54, 1.807) is 0 Å². The largest absolute Gasteiger partial charge is 0.357 e. The highest BCUT2D eigenvalue weighted by Crippen LogP contribution is 2.00. The van der Waals surface area contributed by atoms with Crippen LogP contribution in [-0.2, 0) is 16.6 Å². The summed E-state index contributed by atoms with van der Waals surface area (Å²) in [5, 5.41) is 6.34. The monoisotopic (exact) mass is 343 g/mol. The third-order valence-electron chi connectivity index (χ3n) is 3.39. The molecule has 0 atom stereocenters. The number of nitrogens with one attached hydrogen (secondary N) is 2.